The molecule has 0 radical (unpaired) electrons. The number of hydrogen-bond acceptors (Lipinski definition) is 7. The molecule has 1 fully saturated rings. The van der Waals surface area contributed by atoms with Gasteiger partial charge in [-0.2, -0.15) is 0 Å². The topological polar surface area (TPSA) is 109 Å². The van der Waals surface area contributed by atoms with Crippen molar-refractivity contribution in [1.82, 2.24) is 14.8 Å². The molecule has 1 saturated heterocycles. The molecule has 0 aromatic heterocycles. The SMILES string of the molecule is COC(=O)c1cc(CCCCN(N)C(=O)O)ccc1OCCN1CCN([C@H](c2ccccc2)c2ccc(Cl)cc2)CC1. The molecule has 0 aliphatic carbocycles. The summed E-state index contributed by atoms with van der Waals surface area (Å²) in [6.07, 6.45) is 0.882. The number of unbranched alkanes of at least 4 members (excludes halogenated alkanes) is 1. The van der Waals surface area contributed by atoms with Crippen molar-refractivity contribution in [3.05, 3.63) is 100 Å². The molecule has 10 heteroatoms. The van der Waals surface area contributed by atoms with Crippen molar-refractivity contribution < 1.29 is 24.2 Å². The minimum Gasteiger partial charge on any atom is -0.491 e. The molecule has 42 heavy (non-hydrogen) atoms. The summed E-state index contributed by atoms with van der Waals surface area (Å²) >= 11 is 6.17. The fourth-order valence-electron chi connectivity index (χ4n) is 5.26. The van der Waals surface area contributed by atoms with E-state index in [0.29, 0.717) is 30.8 Å². The first-order valence-corrected chi connectivity index (χ1v) is 14.6. The Morgan fingerprint density at radius 2 is 1.67 bits per heavy atom. The van der Waals surface area contributed by atoms with Crippen LogP contribution < -0.4 is 10.6 Å². The quantitative estimate of drug-likeness (QED) is 0.0926. The van der Waals surface area contributed by atoms with Crippen LogP contribution in [0.15, 0.2) is 72.8 Å². The number of amides is 1. The average Bonchev–Trinajstić information content (AvgIpc) is 3.01. The maximum Gasteiger partial charge on any atom is 0.421 e. The van der Waals surface area contributed by atoms with E-state index < -0.39 is 12.1 Å². The number of hydrazine groups is 1. The predicted molar refractivity (Wildman–Crippen MR) is 163 cm³/mol. The van der Waals surface area contributed by atoms with Gasteiger partial charge in [-0.05, 0) is 60.2 Å². The number of hydrogen-bond donors (Lipinski definition) is 2. The van der Waals surface area contributed by atoms with Gasteiger partial charge in [-0.3, -0.25) is 9.80 Å². The Morgan fingerprint density at radius 3 is 2.33 bits per heavy atom. The second-order valence-corrected chi connectivity index (χ2v) is 10.8. The maximum absolute atomic E-state index is 12.5. The standard InChI is InChI=1S/C32H39ClN4O5/c1-41-31(38)28-23-24(7-5-6-16-37(34)32(39)40)10-15-29(28)42-22-21-35-17-19-36(20-18-35)30(25-8-3-2-4-9-25)26-11-13-27(33)14-12-26/h2-4,8-15,23,30H,5-7,16-22,34H2,1H3,(H,39,40)/t30-/m1/s1. The highest BCUT2D eigenvalue weighted by atomic mass is 35.5. The zero-order valence-electron chi connectivity index (χ0n) is 24.0. The van der Waals surface area contributed by atoms with Gasteiger partial charge in [0.25, 0.3) is 0 Å². The monoisotopic (exact) mass is 594 g/mol. The van der Waals surface area contributed by atoms with Crippen LogP contribution in [0.25, 0.3) is 0 Å². The molecule has 1 aliphatic heterocycles. The highest BCUT2D eigenvalue weighted by Crippen LogP contribution is 2.30. The Labute approximate surface area is 252 Å². The first-order valence-electron chi connectivity index (χ1n) is 14.2. The Hall–Kier alpha value is -3.63. The van der Waals surface area contributed by atoms with Crippen LogP contribution in [-0.2, 0) is 11.2 Å². The molecule has 4 rings (SSSR count). The van der Waals surface area contributed by atoms with Gasteiger partial charge < -0.3 is 14.6 Å². The third-order valence-corrected chi connectivity index (χ3v) is 7.80. The van der Waals surface area contributed by atoms with Gasteiger partial charge in [0.2, 0.25) is 0 Å². The fraction of sp³-hybridized carbons (Fsp3) is 0.375. The molecule has 224 valence electrons. The summed E-state index contributed by atoms with van der Waals surface area (Å²) in [7, 11) is 1.35. The smallest absolute Gasteiger partial charge is 0.421 e. The zero-order chi connectivity index (χ0) is 29.9. The molecule has 3 aromatic rings. The molecule has 1 atom stereocenters. The number of piperazine rings is 1. The van der Waals surface area contributed by atoms with Gasteiger partial charge in [0.1, 0.15) is 17.9 Å². The van der Waals surface area contributed by atoms with Crippen LogP contribution in [0.1, 0.15) is 45.9 Å². The van der Waals surface area contributed by atoms with E-state index in [4.69, 9.17) is 32.0 Å². The second-order valence-electron chi connectivity index (χ2n) is 10.3. The Balaban J connectivity index is 1.30. The van der Waals surface area contributed by atoms with Crippen molar-refractivity contribution in [2.75, 3.05) is 53.0 Å². The van der Waals surface area contributed by atoms with E-state index in [9.17, 15) is 9.59 Å². The number of ether oxygens (including phenoxy) is 2. The summed E-state index contributed by atoms with van der Waals surface area (Å²) in [5.74, 6) is 5.46. The molecular weight excluding hydrogens is 556 g/mol. The van der Waals surface area contributed by atoms with E-state index in [1.165, 1.54) is 18.2 Å². The molecule has 1 aliphatic rings. The summed E-state index contributed by atoms with van der Waals surface area (Å²) in [5, 5.41) is 10.4. The van der Waals surface area contributed by atoms with Crippen molar-refractivity contribution in [3.8, 4) is 5.75 Å². The van der Waals surface area contributed by atoms with Crippen LogP contribution >= 0.6 is 11.6 Å². The largest absolute Gasteiger partial charge is 0.491 e. The number of carboxylic acid groups (broad SMARTS) is 1. The Morgan fingerprint density at radius 1 is 0.976 bits per heavy atom. The van der Waals surface area contributed by atoms with Crippen LogP contribution in [0.2, 0.25) is 5.02 Å². The molecule has 9 nitrogen and oxygen atoms in total. The summed E-state index contributed by atoms with van der Waals surface area (Å²) < 4.78 is 11.1. The lowest BCUT2D eigenvalue weighted by Gasteiger charge is -2.39. The first kappa shape index (κ1) is 31.3. The average molecular weight is 595 g/mol. The second kappa shape index (κ2) is 15.6. The lowest BCUT2D eigenvalue weighted by atomic mass is 9.96. The lowest BCUT2D eigenvalue weighted by molar-refractivity contribution is 0.0593. The van der Waals surface area contributed by atoms with Gasteiger partial charge in [0.15, 0.2) is 0 Å². The number of methoxy groups -OCH3 is 1. The van der Waals surface area contributed by atoms with Gasteiger partial charge in [-0.1, -0.05) is 60.1 Å². The molecule has 1 amide bonds. The predicted octanol–water partition coefficient (Wildman–Crippen LogP) is 5.09. The number of nitrogens with two attached hydrogens (primary N) is 1. The summed E-state index contributed by atoms with van der Waals surface area (Å²) in [6.45, 7) is 5.09. The van der Waals surface area contributed by atoms with Gasteiger partial charge in [-0.25, -0.2) is 20.4 Å². The van der Waals surface area contributed by atoms with Crippen molar-refractivity contribution in [2.24, 2.45) is 5.84 Å². The summed E-state index contributed by atoms with van der Waals surface area (Å²) in [6, 6.07) is 24.4. The van der Waals surface area contributed by atoms with Crippen molar-refractivity contribution in [2.45, 2.75) is 25.3 Å². The van der Waals surface area contributed by atoms with E-state index in [1.807, 2.05) is 30.3 Å². The zero-order valence-corrected chi connectivity index (χ0v) is 24.7. The minimum absolute atomic E-state index is 0.161. The van der Waals surface area contributed by atoms with Crippen LogP contribution in [-0.4, -0.2) is 85.0 Å². The van der Waals surface area contributed by atoms with Gasteiger partial charge in [0.05, 0.1) is 13.2 Å². The highest BCUT2D eigenvalue weighted by Gasteiger charge is 2.26. The van der Waals surface area contributed by atoms with Gasteiger partial charge in [0, 0.05) is 44.3 Å². The van der Waals surface area contributed by atoms with Crippen molar-refractivity contribution >= 4 is 23.7 Å². The number of carbonyl (C=O) groups is 2. The van der Waals surface area contributed by atoms with Crippen LogP contribution in [0, 0.1) is 0 Å². The number of carbonyl (C=O) groups excluding carboxylic acids is 1. The molecule has 0 bridgehead atoms. The molecule has 0 unspecified atom stereocenters. The number of halogens is 1. The number of nitrogens with zero attached hydrogens (tertiary/aromatic N) is 3. The minimum atomic E-state index is -1.15. The van der Waals surface area contributed by atoms with Crippen molar-refractivity contribution in [3.63, 3.8) is 0 Å². The molecule has 0 spiro atoms. The number of aryl methyl sites for hydroxylation is 1. The maximum atomic E-state index is 12.5. The fourth-order valence-corrected chi connectivity index (χ4v) is 5.39. The molecular formula is C32H39ClN4O5. The molecule has 1 heterocycles. The third kappa shape index (κ3) is 8.69. The highest BCUT2D eigenvalue weighted by molar-refractivity contribution is 6.30. The van der Waals surface area contributed by atoms with E-state index in [0.717, 1.165) is 54.7 Å². The summed E-state index contributed by atoms with van der Waals surface area (Å²) in [5.41, 5.74) is 3.82. The summed E-state index contributed by atoms with van der Waals surface area (Å²) in [4.78, 5) is 28.2. The molecule has 3 aromatic carbocycles. The Bertz CT molecular complexity index is 1300. The van der Waals surface area contributed by atoms with Crippen LogP contribution in [0.3, 0.4) is 0 Å². The van der Waals surface area contributed by atoms with Gasteiger partial charge in [-0.15, -0.1) is 0 Å². The van der Waals surface area contributed by atoms with E-state index in [-0.39, 0.29) is 12.6 Å². The number of benzene rings is 3. The van der Waals surface area contributed by atoms with Crippen LogP contribution in [0.4, 0.5) is 4.79 Å². The number of esters is 1. The Kier molecular flexibility index (Phi) is 11.6. The van der Waals surface area contributed by atoms with Gasteiger partial charge >= 0.3 is 12.1 Å². The first-order chi connectivity index (χ1) is 20.4. The number of rotatable bonds is 13. The lowest BCUT2D eigenvalue weighted by Crippen LogP contribution is -2.48. The van der Waals surface area contributed by atoms with Crippen LogP contribution in [0.5, 0.6) is 5.75 Å². The molecule has 3 N–H and O–H groups in total. The van der Waals surface area contributed by atoms with E-state index in [1.54, 1.807) is 6.07 Å². The normalized spacial score (nSPS) is 14.7. The van der Waals surface area contributed by atoms with Crippen molar-refractivity contribution in [1.29, 1.82) is 0 Å². The van der Waals surface area contributed by atoms with E-state index >= 15 is 0 Å². The van der Waals surface area contributed by atoms with E-state index in [2.05, 4.69) is 46.2 Å². The third-order valence-electron chi connectivity index (χ3n) is 7.55. The molecule has 0 saturated carbocycles.